The lowest BCUT2D eigenvalue weighted by molar-refractivity contribution is 1.04. The van der Waals surface area contributed by atoms with E-state index in [0.717, 1.165) is 39.4 Å². The Balaban J connectivity index is 1.73. The van der Waals surface area contributed by atoms with E-state index < -0.39 is 0 Å². The molecule has 0 bridgehead atoms. The molecule has 30 heavy (non-hydrogen) atoms. The first-order valence-electron chi connectivity index (χ1n) is 9.83. The molecule has 0 saturated heterocycles. The molecule has 3 aromatic carbocycles. The van der Waals surface area contributed by atoms with Gasteiger partial charge in [-0.25, -0.2) is 4.98 Å². The van der Waals surface area contributed by atoms with E-state index >= 15 is 0 Å². The Labute approximate surface area is 191 Å². The molecular formula is C24H23Cl2N3S. The van der Waals surface area contributed by atoms with Gasteiger partial charge in [-0.15, -0.1) is 11.8 Å². The van der Waals surface area contributed by atoms with E-state index in [1.54, 1.807) is 0 Å². The van der Waals surface area contributed by atoms with Crippen molar-refractivity contribution < 1.29 is 0 Å². The summed E-state index contributed by atoms with van der Waals surface area (Å²) in [6.45, 7) is 2.16. The molecule has 4 aromatic rings. The molecule has 0 radical (unpaired) electrons. The van der Waals surface area contributed by atoms with Crippen molar-refractivity contribution in [2.24, 2.45) is 0 Å². The molecule has 1 heterocycles. The van der Waals surface area contributed by atoms with Crippen molar-refractivity contribution in [1.29, 1.82) is 0 Å². The zero-order valence-electron chi connectivity index (χ0n) is 17.2. The maximum absolute atomic E-state index is 6.84. The Morgan fingerprint density at radius 3 is 2.47 bits per heavy atom. The first kappa shape index (κ1) is 21.1. The predicted octanol–water partition coefficient (Wildman–Crippen LogP) is 7.31. The molecule has 1 N–H and O–H groups in total. The summed E-state index contributed by atoms with van der Waals surface area (Å²) in [7, 11) is 4.02. The zero-order chi connectivity index (χ0) is 21.3. The van der Waals surface area contributed by atoms with Crippen LogP contribution in [-0.4, -0.2) is 29.8 Å². The van der Waals surface area contributed by atoms with Crippen LogP contribution in [0.5, 0.6) is 0 Å². The highest BCUT2D eigenvalue weighted by Crippen LogP contribution is 2.42. The lowest BCUT2D eigenvalue weighted by atomic mass is 10.0. The highest BCUT2D eigenvalue weighted by Gasteiger charge is 2.19. The van der Waals surface area contributed by atoms with Gasteiger partial charge in [-0.2, -0.15) is 0 Å². The lowest BCUT2D eigenvalue weighted by Gasteiger charge is -2.19. The van der Waals surface area contributed by atoms with Crippen LogP contribution in [0.15, 0.2) is 59.5 Å². The lowest BCUT2D eigenvalue weighted by Crippen LogP contribution is -2.09. The number of fused-ring (bicyclic) bond motifs is 1. The van der Waals surface area contributed by atoms with Crippen molar-refractivity contribution in [3.05, 3.63) is 76.0 Å². The Bertz CT molecular complexity index is 1180. The molecule has 3 nitrogen and oxygen atoms in total. The molecular weight excluding hydrogens is 433 g/mol. The number of aromatic nitrogens is 2. The average Bonchev–Trinajstić information content (AvgIpc) is 3.12. The molecule has 0 unspecified atom stereocenters. The van der Waals surface area contributed by atoms with Gasteiger partial charge < -0.3 is 9.88 Å². The van der Waals surface area contributed by atoms with Crippen LogP contribution in [0.3, 0.4) is 0 Å². The largest absolute Gasteiger partial charge is 0.377 e. The molecule has 0 aliphatic carbocycles. The molecule has 0 aliphatic heterocycles. The van der Waals surface area contributed by atoms with Crippen molar-refractivity contribution in [1.82, 2.24) is 9.97 Å². The topological polar surface area (TPSA) is 31.9 Å². The number of imidazole rings is 1. The number of rotatable bonds is 6. The van der Waals surface area contributed by atoms with Gasteiger partial charge in [0.25, 0.3) is 0 Å². The first-order valence-corrected chi connectivity index (χ1v) is 11.6. The number of para-hydroxylation sites is 1. The highest BCUT2D eigenvalue weighted by molar-refractivity contribution is 7.99. The average molecular weight is 456 g/mol. The van der Waals surface area contributed by atoms with E-state index in [-0.39, 0.29) is 0 Å². The Morgan fingerprint density at radius 1 is 1.03 bits per heavy atom. The molecule has 0 amide bonds. The number of nitrogens with one attached hydrogen (secondary N) is 1. The number of H-pyrrole nitrogens is 1. The maximum Gasteiger partial charge on any atom is 0.111 e. The van der Waals surface area contributed by atoms with Gasteiger partial charge in [0.1, 0.15) is 11.3 Å². The summed E-state index contributed by atoms with van der Waals surface area (Å²) in [5, 5.41) is 1.18. The minimum Gasteiger partial charge on any atom is -0.377 e. The van der Waals surface area contributed by atoms with Crippen LogP contribution < -0.4 is 4.90 Å². The Morgan fingerprint density at radius 2 is 1.77 bits per heavy atom. The highest BCUT2D eigenvalue weighted by atomic mass is 35.5. The second kappa shape index (κ2) is 8.93. The molecule has 0 aliphatic rings. The quantitative estimate of drug-likeness (QED) is 0.309. The van der Waals surface area contributed by atoms with Crippen LogP contribution in [0.25, 0.3) is 22.2 Å². The zero-order valence-corrected chi connectivity index (χ0v) is 19.5. The summed E-state index contributed by atoms with van der Waals surface area (Å²) in [5.74, 6) is 1.94. The minimum atomic E-state index is 0.573. The number of thioether (sulfide) groups is 1. The normalized spacial score (nSPS) is 11.2. The number of hydrogen-bond acceptors (Lipinski definition) is 3. The van der Waals surface area contributed by atoms with E-state index in [1.165, 1.54) is 10.5 Å². The third kappa shape index (κ3) is 4.18. The SMILES string of the molecule is CCSc1ccc(Cc2nc3c(Cl)c(-c4ccccc4N(C)C)c(Cl)cc3[nH]2)cc1. The van der Waals surface area contributed by atoms with Crippen molar-refractivity contribution in [3.63, 3.8) is 0 Å². The van der Waals surface area contributed by atoms with E-state index in [0.29, 0.717) is 16.5 Å². The van der Waals surface area contributed by atoms with Gasteiger partial charge in [0.15, 0.2) is 0 Å². The summed E-state index contributed by atoms with van der Waals surface area (Å²) in [5.41, 5.74) is 5.67. The summed E-state index contributed by atoms with van der Waals surface area (Å²) in [6.07, 6.45) is 0.712. The number of benzene rings is 3. The third-order valence-electron chi connectivity index (χ3n) is 4.98. The molecule has 0 fully saturated rings. The van der Waals surface area contributed by atoms with Gasteiger partial charge in [-0.3, -0.25) is 0 Å². The fraction of sp³-hybridized carbons (Fsp3) is 0.208. The summed E-state index contributed by atoms with van der Waals surface area (Å²) in [4.78, 5) is 11.5. The van der Waals surface area contributed by atoms with Crippen molar-refractivity contribution >= 4 is 51.7 Å². The summed E-state index contributed by atoms with van der Waals surface area (Å²) in [6, 6.07) is 18.6. The smallest absolute Gasteiger partial charge is 0.111 e. The number of hydrogen-bond donors (Lipinski definition) is 1. The van der Waals surface area contributed by atoms with Gasteiger partial charge in [0.2, 0.25) is 0 Å². The third-order valence-corrected chi connectivity index (χ3v) is 6.54. The molecule has 6 heteroatoms. The number of nitrogens with zero attached hydrogens (tertiary/aromatic N) is 2. The van der Waals surface area contributed by atoms with Gasteiger partial charge in [0.05, 0.1) is 15.6 Å². The minimum absolute atomic E-state index is 0.573. The van der Waals surface area contributed by atoms with Crippen LogP contribution in [0.2, 0.25) is 10.0 Å². The monoisotopic (exact) mass is 455 g/mol. The number of anilines is 1. The van der Waals surface area contributed by atoms with Crippen LogP contribution in [0.4, 0.5) is 5.69 Å². The fourth-order valence-electron chi connectivity index (χ4n) is 3.60. The van der Waals surface area contributed by atoms with Crippen molar-refractivity contribution in [2.75, 3.05) is 24.7 Å². The molecule has 0 saturated carbocycles. The fourth-order valence-corrected chi connectivity index (χ4v) is 4.96. The van der Waals surface area contributed by atoms with E-state index in [1.807, 2.05) is 50.1 Å². The van der Waals surface area contributed by atoms with Gasteiger partial charge in [0, 0.05) is 42.2 Å². The predicted molar refractivity (Wildman–Crippen MR) is 132 cm³/mol. The van der Waals surface area contributed by atoms with Crippen LogP contribution >= 0.6 is 35.0 Å². The second-order valence-electron chi connectivity index (χ2n) is 7.29. The van der Waals surface area contributed by atoms with Crippen LogP contribution in [0, 0.1) is 0 Å². The maximum atomic E-state index is 6.84. The Kier molecular flexibility index (Phi) is 6.28. The first-order chi connectivity index (χ1) is 14.5. The van der Waals surface area contributed by atoms with Crippen LogP contribution in [-0.2, 0) is 6.42 Å². The molecule has 154 valence electrons. The molecule has 4 rings (SSSR count). The number of halogens is 2. The van der Waals surface area contributed by atoms with Crippen LogP contribution in [0.1, 0.15) is 18.3 Å². The van der Waals surface area contributed by atoms with Crippen molar-refractivity contribution in [2.45, 2.75) is 18.2 Å². The Hall–Kier alpha value is -2.14. The molecule has 1 aromatic heterocycles. The second-order valence-corrected chi connectivity index (χ2v) is 9.41. The van der Waals surface area contributed by atoms with E-state index in [9.17, 15) is 0 Å². The van der Waals surface area contributed by atoms with Gasteiger partial charge in [-0.1, -0.05) is 60.5 Å². The molecule has 0 atom stereocenters. The molecule has 0 spiro atoms. The van der Waals surface area contributed by atoms with Gasteiger partial charge in [-0.05, 0) is 35.6 Å². The van der Waals surface area contributed by atoms with Gasteiger partial charge >= 0.3 is 0 Å². The van der Waals surface area contributed by atoms with E-state index in [2.05, 4.69) is 47.1 Å². The summed E-state index contributed by atoms with van der Waals surface area (Å²) < 4.78 is 0. The standard InChI is InChI=1S/C24H23Cl2N3S/c1-4-30-16-11-9-15(10-12-16)13-21-27-19-14-18(25)22(23(26)24(19)28-21)17-7-5-6-8-20(17)29(2)3/h5-12,14H,4,13H2,1-3H3,(H,27,28). The summed E-state index contributed by atoms with van der Waals surface area (Å²) >= 11 is 15.4. The number of aromatic amines is 1. The van der Waals surface area contributed by atoms with E-state index in [4.69, 9.17) is 28.2 Å². The van der Waals surface area contributed by atoms with Crippen molar-refractivity contribution in [3.8, 4) is 11.1 Å².